The number of piperidine rings is 1. The molecular weight excluding hydrogens is 602 g/mol. The fourth-order valence-electron chi connectivity index (χ4n) is 6.68. The average molecular weight is 654 g/mol. The molecule has 5 N–H and O–H groups in total. The molecular formula is C35H51N5O7. The van der Waals surface area contributed by atoms with Crippen molar-refractivity contribution in [3.8, 4) is 0 Å². The maximum Gasteiger partial charge on any atom is 0.332 e. The van der Waals surface area contributed by atoms with Crippen LogP contribution in [0.4, 0.5) is 4.79 Å². The molecule has 0 bridgehead atoms. The minimum absolute atomic E-state index is 0.0397. The number of fused-ring (bicyclic) bond motifs is 1. The summed E-state index contributed by atoms with van der Waals surface area (Å²) in [4.78, 5) is 80.8. The first-order valence-electron chi connectivity index (χ1n) is 16.5. The summed E-state index contributed by atoms with van der Waals surface area (Å²) in [5.41, 5.74) is 3.70. The molecule has 1 saturated heterocycles. The topological polar surface area (TPSA) is 177 Å². The number of esters is 1. The molecule has 12 nitrogen and oxygen atoms in total. The fourth-order valence-corrected chi connectivity index (χ4v) is 6.68. The number of urea groups is 1. The number of primary amides is 1. The smallest absolute Gasteiger partial charge is 0.332 e. The molecule has 2 saturated carbocycles. The second-order valence-corrected chi connectivity index (χ2v) is 15.7. The van der Waals surface area contributed by atoms with E-state index in [2.05, 4.69) is 16.0 Å². The third kappa shape index (κ3) is 7.79. The molecule has 6 atom stereocenters. The van der Waals surface area contributed by atoms with Crippen LogP contribution in [-0.2, 0) is 35.3 Å². The molecule has 1 heterocycles. The summed E-state index contributed by atoms with van der Waals surface area (Å²) in [6.45, 7) is 15.0. The Bertz CT molecular complexity index is 1400. The summed E-state index contributed by atoms with van der Waals surface area (Å²) < 4.78 is 5.57. The Balaban J connectivity index is 1.51. The highest BCUT2D eigenvalue weighted by Gasteiger charge is 2.70. The van der Waals surface area contributed by atoms with Gasteiger partial charge in [-0.3, -0.25) is 19.2 Å². The number of nitrogens with zero attached hydrogens (tertiary/aromatic N) is 1. The van der Waals surface area contributed by atoms with Gasteiger partial charge < -0.3 is 31.3 Å². The van der Waals surface area contributed by atoms with Gasteiger partial charge in [0, 0.05) is 6.54 Å². The van der Waals surface area contributed by atoms with E-state index in [1.807, 2.05) is 44.2 Å². The van der Waals surface area contributed by atoms with E-state index in [-0.39, 0.29) is 35.7 Å². The summed E-state index contributed by atoms with van der Waals surface area (Å²) in [6, 6.07) is 5.46. The maximum atomic E-state index is 14.3. The summed E-state index contributed by atoms with van der Waals surface area (Å²) >= 11 is 0. The first kappa shape index (κ1) is 35.9. The quantitative estimate of drug-likeness (QED) is 0.187. The number of carbonyl (C=O) groups is 6. The number of rotatable bonds is 13. The number of ketones is 1. The van der Waals surface area contributed by atoms with E-state index in [0.29, 0.717) is 13.0 Å². The minimum atomic E-state index is -1.41. The van der Waals surface area contributed by atoms with Crippen LogP contribution in [0.15, 0.2) is 30.3 Å². The summed E-state index contributed by atoms with van der Waals surface area (Å²) in [5, 5.41) is 8.31. The second-order valence-electron chi connectivity index (χ2n) is 15.7. The molecule has 2 aliphatic carbocycles. The molecule has 3 fully saturated rings. The summed E-state index contributed by atoms with van der Waals surface area (Å²) in [6.07, 6.45) is 2.14. The lowest BCUT2D eigenvalue weighted by Gasteiger charge is -2.39. The molecule has 0 radical (unpaired) electrons. The van der Waals surface area contributed by atoms with Crippen LogP contribution in [0.2, 0.25) is 0 Å². The predicted molar refractivity (Wildman–Crippen MR) is 174 cm³/mol. The first-order valence-corrected chi connectivity index (χ1v) is 16.5. The highest BCUT2D eigenvalue weighted by Crippen LogP contribution is 2.65. The molecule has 1 aromatic carbocycles. The molecule has 1 aliphatic heterocycles. The standard InChI is InChI=1S/C35H51N5O7/c1-19(2)35(8,31(45)47-18-21-12-10-9-11-13-21)39-32(46)38-27(33(3,4)5)30(44)40-17-22-24(34(22,6)7)25(40)29(43)37-23(16-20-14-15-20)26(41)28(36)42/h9-13,19-20,22-25,27H,14-18H2,1-8H3,(H2,36,42)(H,37,43)(H2,38,39,46)/t22-,23?,24?,25-,27+,35+/m0/s1. The van der Waals surface area contributed by atoms with E-state index >= 15 is 0 Å². The van der Waals surface area contributed by atoms with Crippen molar-refractivity contribution in [3.63, 3.8) is 0 Å². The van der Waals surface area contributed by atoms with Gasteiger partial charge in [-0.05, 0) is 53.4 Å². The van der Waals surface area contributed by atoms with Crippen LogP contribution in [0.5, 0.6) is 0 Å². The molecule has 1 aromatic rings. The molecule has 0 spiro atoms. The molecule has 47 heavy (non-hydrogen) atoms. The molecule has 0 aromatic heterocycles. The van der Waals surface area contributed by atoms with Gasteiger partial charge in [-0.25, -0.2) is 9.59 Å². The summed E-state index contributed by atoms with van der Waals surface area (Å²) in [5.74, 6) is -3.77. The van der Waals surface area contributed by atoms with E-state index in [1.165, 1.54) is 4.90 Å². The third-order valence-electron chi connectivity index (χ3n) is 10.5. The fraction of sp³-hybridized carbons (Fsp3) is 0.657. The number of likely N-dealkylation sites (tertiary alicyclic amines) is 1. The number of ether oxygens (including phenoxy) is 1. The van der Waals surface area contributed by atoms with Crippen LogP contribution in [0.25, 0.3) is 0 Å². The normalized spacial score (nSPS) is 23.9. The van der Waals surface area contributed by atoms with Crippen LogP contribution in [0.1, 0.15) is 80.2 Å². The number of nitrogens with two attached hydrogens (primary N) is 1. The predicted octanol–water partition coefficient (Wildman–Crippen LogP) is 2.68. The van der Waals surface area contributed by atoms with Crippen LogP contribution in [0, 0.1) is 34.5 Å². The van der Waals surface area contributed by atoms with E-state index in [1.54, 1.807) is 41.5 Å². The van der Waals surface area contributed by atoms with Gasteiger partial charge in [-0.1, -0.05) is 91.6 Å². The first-order chi connectivity index (χ1) is 21.8. The number of hydrogen-bond donors (Lipinski definition) is 4. The maximum absolute atomic E-state index is 14.3. The number of benzene rings is 1. The lowest BCUT2D eigenvalue weighted by atomic mass is 9.85. The van der Waals surface area contributed by atoms with Gasteiger partial charge in [0.25, 0.3) is 5.91 Å². The van der Waals surface area contributed by atoms with Crippen molar-refractivity contribution in [2.24, 2.45) is 40.2 Å². The number of Topliss-reactive ketones (excluding diaryl/α,β-unsaturated/α-hetero) is 1. The van der Waals surface area contributed by atoms with Crippen molar-refractivity contribution < 1.29 is 33.5 Å². The molecule has 4 rings (SSSR count). The van der Waals surface area contributed by atoms with E-state index < -0.39 is 64.6 Å². The Morgan fingerprint density at radius 2 is 1.62 bits per heavy atom. The molecule has 258 valence electrons. The van der Waals surface area contributed by atoms with Crippen molar-refractivity contribution in [2.75, 3.05) is 6.54 Å². The highest BCUT2D eigenvalue weighted by atomic mass is 16.5. The number of carbonyl (C=O) groups excluding carboxylic acids is 6. The lowest BCUT2D eigenvalue weighted by molar-refractivity contribution is -0.153. The van der Waals surface area contributed by atoms with Crippen molar-refractivity contribution >= 4 is 35.5 Å². The van der Waals surface area contributed by atoms with Gasteiger partial charge in [0.05, 0.1) is 6.04 Å². The minimum Gasteiger partial charge on any atom is -0.459 e. The molecule has 2 unspecified atom stereocenters. The van der Waals surface area contributed by atoms with Crippen molar-refractivity contribution in [3.05, 3.63) is 35.9 Å². The second kappa shape index (κ2) is 13.3. The SMILES string of the molecule is CC(C)[C@@](C)(NC(=O)N[C@H](C(=O)N1C[C@H]2C([C@H]1C(=O)NC(CC1CC1)C(=O)C(N)=O)C2(C)C)C(C)(C)C)C(=O)OCc1ccccc1. The molecule has 5 amide bonds. The Morgan fingerprint density at radius 3 is 2.15 bits per heavy atom. The molecule has 12 heteroatoms. The summed E-state index contributed by atoms with van der Waals surface area (Å²) in [7, 11) is 0. The Hall–Kier alpha value is -3.96. The lowest BCUT2D eigenvalue weighted by Crippen LogP contribution is -2.64. The highest BCUT2D eigenvalue weighted by molar-refractivity contribution is 6.37. The average Bonchev–Trinajstić information content (AvgIpc) is 3.84. The van der Waals surface area contributed by atoms with Crippen molar-refractivity contribution in [2.45, 2.75) is 105 Å². The van der Waals surface area contributed by atoms with Gasteiger partial charge in [-0.2, -0.15) is 0 Å². The monoisotopic (exact) mass is 653 g/mol. The van der Waals surface area contributed by atoms with Crippen molar-refractivity contribution in [1.82, 2.24) is 20.9 Å². The number of hydrogen-bond acceptors (Lipinski definition) is 7. The van der Waals surface area contributed by atoms with E-state index in [4.69, 9.17) is 10.5 Å². The number of amides is 5. The Morgan fingerprint density at radius 1 is 1.00 bits per heavy atom. The van der Waals surface area contributed by atoms with Gasteiger partial charge in [-0.15, -0.1) is 0 Å². The van der Waals surface area contributed by atoms with Crippen LogP contribution in [0.3, 0.4) is 0 Å². The van der Waals surface area contributed by atoms with E-state index in [0.717, 1.165) is 18.4 Å². The van der Waals surface area contributed by atoms with Crippen molar-refractivity contribution in [1.29, 1.82) is 0 Å². The van der Waals surface area contributed by atoms with Crippen LogP contribution >= 0.6 is 0 Å². The zero-order valence-electron chi connectivity index (χ0n) is 28.8. The Labute approximate surface area is 277 Å². The number of nitrogens with one attached hydrogen (secondary N) is 3. The van der Waals surface area contributed by atoms with Crippen LogP contribution in [-0.4, -0.2) is 70.6 Å². The Kier molecular flexibility index (Phi) is 10.1. The zero-order chi connectivity index (χ0) is 35.1. The van der Waals surface area contributed by atoms with Crippen LogP contribution < -0.4 is 21.7 Å². The van der Waals surface area contributed by atoms with E-state index in [9.17, 15) is 28.8 Å². The van der Waals surface area contributed by atoms with Gasteiger partial charge in [0.2, 0.25) is 17.6 Å². The zero-order valence-corrected chi connectivity index (χ0v) is 28.8. The van der Waals surface area contributed by atoms with Gasteiger partial charge >= 0.3 is 12.0 Å². The molecule has 3 aliphatic rings. The van der Waals surface area contributed by atoms with Gasteiger partial charge in [0.1, 0.15) is 24.2 Å². The third-order valence-corrected chi connectivity index (χ3v) is 10.5. The van der Waals surface area contributed by atoms with Gasteiger partial charge in [0.15, 0.2) is 0 Å². The largest absolute Gasteiger partial charge is 0.459 e.